The second kappa shape index (κ2) is 6.42. The minimum atomic E-state index is -2.57. The van der Waals surface area contributed by atoms with Crippen molar-refractivity contribution in [1.29, 1.82) is 0 Å². The van der Waals surface area contributed by atoms with E-state index in [0.29, 0.717) is 5.56 Å². The minimum Gasteiger partial charge on any atom is -0.465 e. The lowest BCUT2D eigenvalue weighted by Crippen LogP contribution is -2.38. The largest absolute Gasteiger partial charge is 0.465 e. The van der Waals surface area contributed by atoms with Gasteiger partial charge in [0, 0.05) is 5.56 Å². The summed E-state index contributed by atoms with van der Waals surface area (Å²) in [6, 6.07) is 3.75. The number of aliphatic hydroxyl groups is 1. The van der Waals surface area contributed by atoms with Gasteiger partial charge in [-0.3, -0.25) is 4.79 Å². The molecule has 3 N–H and O–H groups in total. The maximum Gasteiger partial charge on any atom is 0.325 e. The van der Waals surface area contributed by atoms with Crippen LogP contribution in [0.1, 0.15) is 30.6 Å². The number of esters is 1. The third-order valence-electron chi connectivity index (χ3n) is 2.43. The number of hydrogen-bond donors (Lipinski definition) is 2. The topological polar surface area (TPSA) is 72.5 Å². The van der Waals surface area contributed by atoms with Gasteiger partial charge in [0.15, 0.2) is 0 Å². The molecule has 0 aliphatic heterocycles. The summed E-state index contributed by atoms with van der Waals surface area (Å²) in [5, 5.41) is 9.80. The summed E-state index contributed by atoms with van der Waals surface area (Å²) in [6.45, 7) is 1.78. The van der Waals surface area contributed by atoms with Gasteiger partial charge in [-0.25, -0.2) is 8.78 Å². The maximum absolute atomic E-state index is 12.3. The van der Waals surface area contributed by atoms with Gasteiger partial charge in [-0.2, -0.15) is 0 Å². The number of aliphatic hydroxyl groups excluding tert-OH is 1. The molecule has 1 aromatic rings. The fourth-order valence-electron chi connectivity index (χ4n) is 1.41. The molecule has 1 rings (SSSR count). The van der Waals surface area contributed by atoms with Crippen LogP contribution in [0.25, 0.3) is 0 Å². The molecule has 0 radical (unpaired) electrons. The van der Waals surface area contributed by atoms with Crippen molar-refractivity contribution in [2.24, 2.45) is 5.73 Å². The Morgan fingerprint density at radius 2 is 1.83 bits per heavy atom. The highest BCUT2D eigenvalue weighted by Crippen LogP contribution is 2.22. The van der Waals surface area contributed by atoms with Crippen LogP contribution >= 0.6 is 0 Å². The van der Waals surface area contributed by atoms with Crippen LogP contribution in [-0.4, -0.2) is 23.7 Å². The Balaban J connectivity index is 2.77. The van der Waals surface area contributed by atoms with Crippen molar-refractivity contribution in [3.05, 3.63) is 35.4 Å². The van der Waals surface area contributed by atoms with Gasteiger partial charge in [0.25, 0.3) is 6.43 Å². The van der Waals surface area contributed by atoms with Crippen molar-refractivity contribution in [2.75, 3.05) is 6.61 Å². The van der Waals surface area contributed by atoms with E-state index in [1.807, 2.05) is 0 Å². The summed E-state index contributed by atoms with van der Waals surface area (Å²) in [5.74, 6) is -0.733. The predicted molar refractivity (Wildman–Crippen MR) is 61.0 cm³/mol. The van der Waals surface area contributed by atoms with Gasteiger partial charge in [-0.05, 0) is 12.5 Å². The Hall–Kier alpha value is -1.53. The van der Waals surface area contributed by atoms with Crippen LogP contribution in [-0.2, 0) is 9.53 Å². The molecule has 6 heteroatoms. The molecule has 0 saturated heterocycles. The normalized spacial score (nSPS) is 14.3. The van der Waals surface area contributed by atoms with Crippen LogP contribution in [0.2, 0.25) is 0 Å². The standard InChI is InChI=1S/C12H15F2NO3/c1-2-18-12(17)9(15)10(16)7-3-5-8(6-4-7)11(13)14/h3-6,9-11,16H,2,15H2,1H3. The molecule has 1 aromatic carbocycles. The zero-order valence-corrected chi connectivity index (χ0v) is 9.85. The van der Waals surface area contributed by atoms with Crippen molar-refractivity contribution in [2.45, 2.75) is 25.5 Å². The molecule has 2 unspecified atom stereocenters. The lowest BCUT2D eigenvalue weighted by atomic mass is 10.0. The first-order valence-electron chi connectivity index (χ1n) is 5.45. The second-order valence-electron chi connectivity index (χ2n) is 3.69. The number of carbonyl (C=O) groups excluding carboxylic acids is 1. The number of ether oxygens (including phenoxy) is 1. The van der Waals surface area contributed by atoms with Gasteiger partial charge in [0.1, 0.15) is 12.1 Å². The molecule has 0 spiro atoms. The zero-order chi connectivity index (χ0) is 13.7. The van der Waals surface area contributed by atoms with E-state index in [2.05, 4.69) is 4.74 Å². The molecule has 0 aliphatic carbocycles. The zero-order valence-electron chi connectivity index (χ0n) is 9.85. The molecule has 0 amide bonds. The molecule has 0 saturated carbocycles. The van der Waals surface area contributed by atoms with Crippen LogP contribution in [0.3, 0.4) is 0 Å². The van der Waals surface area contributed by atoms with E-state index in [4.69, 9.17) is 5.73 Å². The third-order valence-corrected chi connectivity index (χ3v) is 2.43. The van der Waals surface area contributed by atoms with Crippen LogP contribution in [0.15, 0.2) is 24.3 Å². The number of benzene rings is 1. The predicted octanol–water partition coefficient (Wildman–Crippen LogP) is 1.55. The molecular formula is C12H15F2NO3. The van der Waals surface area contributed by atoms with Crippen LogP contribution in [0, 0.1) is 0 Å². The molecule has 0 aromatic heterocycles. The Morgan fingerprint density at radius 3 is 2.28 bits per heavy atom. The number of alkyl halides is 2. The van der Waals surface area contributed by atoms with Crippen molar-refractivity contribution < 1.29 is 23.4 Å². The number of halogens is 2. The monoisotopic (exact) mass is 259 g/mol. The van der Waals surface area contributed by atoms with E-state index >= 15 is 0 Å². The van der Waals surface area contributed by atoms with E-state index in [1.165, 1.54) is 24.3 Å². The molecule has 0 heterocycles. The van der Waals surface area contributed by atoms with Gasteiger partial charge in [0.05, 0.1) is 6.61 Å². The highest BCUT2D eigenvalue weighted by Gasteiger charge is 2.25. The number of carbonyl (C=O) groups is 1. The summed E-state index contributed by atoms with van der Waals surface area (Å²) in [5.41, 5.74) is 5.64. The number of rotatable bonds is 5. The van der Waals surface area contributed by atoms with Crippen molar-refractivity contribution >= 4 is 5.97 Å². The lowest BCUT2D eigenvalue weighted by molar-refractivity contribution is -0.147. The first-order valence-corrected chi connectivity index (χ1v) is 5.45. The third kappa shape index (κ3) is 3.48. The molecule has 4 nitrogen and oxygen atoms in total. The Labute approximate surface area is 103 Å². The molecular weight excluding hydrogens is 244 g/mol. The average molecular weight is 259 g/mol. The summed E-state index contributed by atoms with van der Waals surface area (Å²) >= 11 is 0. The maximum atomic E-state index is 12.3. The molecule has 18 heavy (non-hydrogen) atoms. The van der Waals surface area contributed by atoms with Crippen molar-refractivity contribution in [3.8, 4) is 0 Å². The van der Waals surface area contributed by atoms with E-state index in [0.717, 1.165) is 0 Å². The van der Waals surface area contributed by atoms with Gasteiger partial charge >= 0.3 is 5.97 Å². The fraction of sp³-hybridized carbons (Fsp3) is 0.417. The Morgan fingerprint density at radius 1 is 1.33 bits per heavy atom. The minimum absolute atomic E-state index is 0.156. The Bertz CT molecular complexity index is 395. The van der Waals surface area contributed by atoms with Gasteiger partial charge in [-0.15, -0.1) is 0 Å². The van der Waals surface area contributed by atoms with Crippen LogP contribution in [0.5, 0.6) is 0 Å². The Kier molecular flexibility index (Phi) is 5.18. The van der Waals surface area contributed by atoms with Crippen LogP contribution in [0.4, 0.5) is 8.78 Å². The van der Waals surface area contributed by atoms with E-state index in [-0.39, 0.29) is 12.2 Å². The summed E-state index contributed by atoms with van der Waals surface area (Å²) < 4.78 is 29.3. The smallest absolute Gasteiger partial charge is 0.325 e. The summed E-state index contributed by atoms with van der Waals surface area (Å²) in [4.78, 5) is 11.3. The highest BCUT2D eigenvalue weighted by molar-refractivity contribution is 5.76. The second-order valence-corrected chi connectivity index (χ2v) is 3.69. The van der Waals surface area contributed by atoms with E-state index in [9.17, 15) is 18.7 Å². The molecule has 0 bridgehead atoms. The summed E-state index contributed by atoms with van der Waals surface area (Å²) in [7, 11) is 0. The lowest BCUT2D eigenvalue weighted by Gasteiger charge is -2.17. The fourth-order valence-corrected chi connectivity index (χ4v) is 1.41. The first-order chi connectivity index (χ1) is 8.47. The number of hydrogen-bond acceptors (Lipinski definition) is 4. The van der Waals surface area contributed by atoms with Gasteiger partial charge < -0.3 is 15.6 Å². The van der Waals surface area contributed by atoms with E-state index < -0.39 is 24.5 Å². The van der Waals surface area contributed by atoms with Crippen molar-refractivity contribution in [3.63, 3.8) is 0 Å². The SMILES string of the molecule is CCOC(=O)C(N)C(O)c1ccc(C(F)F)cc1. The quantitative estimate of drug-likeness (QED) is 0.787. The molecule has 2 atom stereocenters. The van der Waals surface area contributed by atoms with Crippen molar-refractivity contribution in [1.82, 2.24) is 0 Å². The van der Waals surface area contributed by atoms with E-state index in [1.54, 1.807) is 6.92 Å². The van der Waals surface area contributed by atoms with Crippen LogP contribution < -0.4 is 5.73 Å². The molecule has 0 fully saturated rings. The highest BCUT2D eigenvalue weighted by atomic mass is 19.3. The first kappa shape index (κ1) is 14.5. The molecule has 100 valence electrons. The van der Waals surface area contributed by atoms with Gasteiger partial charge in [0.2, 0.25) is 0 Å². The average Bonchev–Trinajstić information content (AvgIpc) is 2.37. The summed E-state index contributed by atoms with van der Waals surface area (Å²) in [6.07, 6.45) is -3.86. The van der Waals surface area contributed by atoms with Gasteiger partial charge in [-0.1, -0.05) is 24.3 Å². The number of nitrogens with two attached hydrogens (primary N) is 1. The molecule has 0 aliphatic rings.